The van der Waals surface area contributed by atoms with Crippen molar-refractivity contribution >= 4 is 16.5 Å². The van der Waals surface area contributed by atoms with Crippen molar-refractivity contribution in [3.8, 4) is 0 Å². The van der Waals surface area contributed by atoms with Gasteiger partial charge in [-0.2, -0.15) is 0 Å². The number of rotatable bonds is 2. The van der Waals surface area contributed by atoms with Crippen molar-refractivity contribution in [3.63, 3.8) is 0 Å². The fourth-order valence-electron chi connectivity index (χ4n) is 3.09. The van der Waals surface area contributed by atoms with Gasteiger partial charge >= 0.3 is 0 Å². The van der Waals surface area contributed by atoms with Crippen molar-refractivity contribution in [2.75, 3.05) is 18.0 Å². The minimum Gasteiger partial charge on any atom is -0.391 e. The Kier molecular flexibility index (Phi) is 2.64. The molecule has 1 aromatic rings. The maximum absolute atomic E-state index is 9.19. The van der Waals surface area contributed by atoms with E-state index in [1.807, 2.05) is 6.92 Å². The normalized spacial score (nSPS) is 28.8. The molecule has 3 nitrogen and oxygen atoms in total. The third-order valence-corrected chi connectivity index (χ3v) is 5.22. The van der Waals surface area contributed by atoms with Gasteiger partial charge in [0.2, 0.25) is 0 Å². The number of aliphatic hydroxyl groups is 1. The summed E-state index contributed by atoms with van der Waals surface area (Å²) in [5.41, 5.74) is 1.000. The predicted molar refractivity (Wildman–Crippen MR) is 65.8 cm³/mol. The zero-order chi connectivity index (χ0) is 11.1. The summed E-state index contributed by atoms with van der Waals surface area (Å²) in [6, 6.07) is 0. The highest BCUT2D eigenvalue weighted by molar-refractivity contribution is 7.15. The highest BCUT2D eigenvalue weighted by Crippen LogP contribution is 2.40. The van der Waals surface area contributed by atoms with Gasteiger partial charge in [0.05, 0.1) is 17.2 Å². The molecule has 0 radical (unpaired) electrons. The molecule has 16 heavy (non-hydrogen) atoms. The molecule has 1 aliphatic heterocycles. The lowest BCUT2D eigenvalue weighted by Crippen LogP contribution is -2.20. The van der Waals surface area contributed by atoms with E-state index in [1.165, 1.54) is 32.4 Å². The van der Waals surface area contributed by atoms with Crippen LogP contribution in [0, 0.1) is 18.8 Å². The average molecular weight is 238 g/mol. The molecule has 2 fully saturated rings. The molecule has 0 aromatic carbocycles. The minimum atomic E-state index is 0.129. The highest BCUT2D eigenvalue weighted by atomic mass is 32.1. The standard InChI is InChI=1S/C12H18N2OS/c1-8-11(7-15)16-12(13-8)14-5-9-3-2-4-10(9)6-14/h9-10,15H,2-7H2,1H3. The zero-order valence-electron chi connectivity index (χ0n) is 9.65. The van der Waals surface area contributed by atoms with Gasteiger partial charge in [0, 0.05) is 13.1 Å². The molecule has 1 aromatic heterocycles. The number of aromatic nitrogens is 1. The number of hydrogen-bond acceptors (Lipinski definition) is 4. The largest absolute Gasteiger partial charge is 0.391 e. The Labute approximate surface area is 100 Å². The summed E-state index contributed by atoms with van der Waals surface area (Å²) in [7, 11) is 0. The van der Waals surface area contributed by atoms with Crippen LogP contribution in [0.25, 0.3) is 0 Å². The average Bonchev–Trinajstić information content (AvgIpc) is 2.88. The van der Waals surface area contributed by atoms with Gasteiger partial charge in [-0.05, 0) is 31.6 Å². The molecule has 1 saturated heterocycles. The van der Waals surface area contributed by atoms with Gasteiger partial charge < -0.3 is 10.0 Å². The number of thiazole rings is 1. The Morgan fingerprint density at radius 3 is 2.62 bits per heavy atom. The summed E-state index contributed by atoms with van der Waals surface area (Å²) in [6.45, 7) is 4.48. The molecule has 0 amide bonds. The van der Waals surface area contributed by atoms with Crippen LogP contribution >= 0.6 is 11.3 Å². The molecule has 2 atom stereocenters. The molecule has 2 heterocycles. The quantitative estimate of drug-likeness (QED) is 0.858. The van der Waals surface area contributed by atoms with Crippen molar-refractivity contribution < 1.29 is 5.11 Å². The van der Waals surface area contributed by atoms with Crippen LogP contribution in [0.3, 0.4) is 0 Å². The first kappa shape index (κ1) is 10.5. The number of aryl methyl sites for hydroxylation is 1. The number of fused-ring (bicyclic) bond motifs is 1. The fourth-order valence-corrected chi connectivity index (χ4v) is 4.02. The van der Waals surface area contributed by atoms with Gasteiger partial charge in [-0.25, -0.2) is 4.98 Å². The van der Waals surface area contributed by atoms with Gasteiger partial charge in [0.15, 0.2) is 5.13 Å². The molecule has 4 heteroatoms. The third-order valence-electron chi connectivity index (χ3n) is 4.02. The van der Waals surface area contributed by atoms with Gasteiger partial charge in [0.25, 0.3) is 0 Å². The smallest absolute Gasteiger partial charge is 0.185 e. The van der Waals surface area contributed by atoms with E-state index in [0.29, 0.717) is 0 Å². The molecule has 0 spiro atoms. The number of anilines is 1. The minimum absolute atomic E-state index is 0.129. The van der Waals surface area contributed by atoms with E-state index >= 15 is 0 Å². The Morgan fingerprint density at radius 1 is 1.38 bits per heavy atom. The van der Waals surface area contributed by atoms with E-state index in [2.05, 4.69) is 9.88 Å². The van der Waals surface area contributed by atoms with E-state index < -0.39 is 0 Å². The van der Waals surface area contributed by atoms with Crippen molar-refractivity contribution in [1.82, 2.24) is 4.98 Å². The Morgan fingerprint density at radius 2 is 2.06 bits per heavy atom. The van der Waals surface area contributed by atoms with Crippen LogP contribution in [0.4, 0.5) is 5.13 Å². The number of hydrogen-bond donors (Lipinski definition) is 1. The zero-order valence-corrected chi connectivity index (χ0v) is 10.5. The van der Waals surface area contributed by atoms with Gasteiger partial charge in [-0.15, -0.1) is 0 Å². The lowest BCUT2D eigenvalue weighted by molar-refractivity contribution is 0.284. The molecule has 1 aliphatic carbocycles. The maximum atomic E-state index is 9.19. The summed E-state index contributed by atoms with van der Waals surface area (Å²) in [4.78, 5) is 8.02. The van der Waals surface area contributed by atoms with Gasteiger partial charge in [0.1, 0.15) is 0 Å². The Bertz CT molecular complexity index is 378. The fraction of sp³-hybridized carbons (Fsp3) is 0.750. The molecule has 88 valence electrons. The van der Waals surface area contributed by atoms with Crippen molar-refractivity contribution in [2.45, 2.75) is 32.8 Å². The molecular formula is C12H18N2OS. The summed E-state index contributed by atoms with van der Waals surface area (Å²) in [6.07, 6.45) is 4.22. The first-order valence-electron chi connectivity index (χ1n) is 6.10. The van der Waals surface area contributed by atoms with E-state index in [-0.39, 0.29) is 6.61 Å². The van der Waals surface area contributed by atoms with Crippen molar-refractivity contribution in [3.05, 3.63) is 10.6 Å². The molecule has 0 bridgehead atoms. The third kappa shape index (κ3) is 1.64. The molecule has 1 saturated carbocycles. The van der Waals surface area contributed by atoms with Crippen LogP contribution in [-0.4, -0.2) is 23.2 Å². The van der Waals surface area contributed by atoms with Crippen LogP contribution in [0.15, 0.2) is 0 Å². The van der Waals surface area contributed by atoms with Gasteiger partial charge in [-0.3, -0.25) is 0 Å². The lowest BCUT2D eigenvalue weighted by atomic mass is 10.0. The van der Waals surface area contributed by atoms with E-state index in [1.54, 1.807) is 11.3 Å². The van der Waals surface area contributed by atoms with E-state index in [4.69, 9.17) is 0 Å². The van der Waals surface area contributed by atoms with Crippen LogP contribution in [0.2, 0.25) is 0 Å². The number of aliphatic hydroxyl groups excluding tert-OH is 1. The first-order valence-corrected chi connectivity index (χ1v) is 6.91. The van der Waals surface area contributed by atoms with E-state index in [9.17, 15) is 5.11 Å². The molecule has 2 aliphatic rings. The summed E-state index contributed by atoms with van der Waals surface area (Å²) in [5.74, 6) is 1.81. The van der Waals surface area contributed by atoms with E-state index in [0.717, 1.165) is 27.5 Å². The summed E-state index contributed by atoms with van der Waals surface area (Å²) in [5, 5.41) is 10.3. The SMILES string of the molecule is Cc1nc(N2CC3CCCC3C2)sc1CO. The maximum Gasteiger partial charge on any atom is 0.185 e. The Hall–Kier alpha value is -0.610. The monoisotopic (exact) mass is 238 g/mol. The van der Waals surface area contributed by atoms with Crippen LogP contribution in [-0.2, 0) is 6.61 Å². The lowest BCUT2D eigenvalue weighted by Gasteiger charge is -2.15. The van der Waals surface area contributed by atoms with Crippen molar-refractivity contribution in [2.24, 2.45) is 11.8 Å². The molecule has 3 rings (SSSR count). The summed E-state index contributed by atoms with van der Waals surface area (Å²) >= 11 is 1.66. The van der Waals surface area contributed by atoms with Gasteiger partial charge in [-0.1, -0.05) is 17.8 Å². The van der Waals surface area contributed by atoms with Crippen LogP contribution in [0.5, 0.6) is 0 Å². The highest BCUT2D eigenvalue weighted by Gasteiger charge is 2.37. The Balaban J connectivity index is 1.78. The second-order valence-electron chi connectivity index (χ2n) is 5.02. The van der Waals surface area contributed by atoms with Crippen LogP contribution < -0.4 is 4.90 Å². The second-order valence-corrected chi connectivity index (χ2v) is 6.08. The van der Waals surface area contributed by atoms with Crippen molar-refractivity contribution in [1.29, 1.82) is 0 Å². The summed E-state index contributed by atoms with van der Waals surface area (Å²) < 4.78 is 0. The van der Waals surface area contributed by atoms with Crippen LogP contribution in [0.1, 0.15) is 29.8 Å². The molecular weight excluding hydrogens is 220 g/mol. The number of nitrogens with zero attached hydrogens (tertiary/aromatic N) is 2. The molecule has 1 N–H and O–H groups in total. The first-order chi connectivity index (χ1) is 7.78. The topological polar surface area (TPSA) is 36.4 Å². The predicted octanol–water partition coefficient (Wildman–Crippen LogP) is 2.18. The molecule has 2 unspecified atom stereocenters. The second kappa shape index (κ2) is 4.00.